The maximum absolute atomic E-state index is 12.5. The molecule has 0 radical (unpaired) electrons. The molecular weight excluding hydrogens is 436 g/mol. The van der Waals surface area contributed by atoms with Crippen molar-refractivity contribution < 1.29 is 4.74 Å². The lowest BCUT2D eigenvalue weighted by Gasteiger charge is -2.29. The Balaban J connectivity index is 1.24. The summed E-state index contributed by atoms with van der Waals surface area (Å²) in [4.78, 5) is 19.4. The van der Waals surface area contributed by atoms with Crippen LogP contribution in [0.15, 0.2) is 59.5 Å². The van der Waals surface area contributed by atoms with Crippen LogP contribution in [0.25, 0.3) is 11.3 Å². The molecule has 6 nitrogen and oxygen atoms in total. The third kappa shape index (κ3) is 5.28. The number of nitrogens with zero attached hydrogens (tertiary/aromatic N) is 4. The zero-order valence-electron chi connectivity index (χ0n) is 18.7. The molecule has 3 aromatic rings. The van der Waals surface area contributed by atoms with E-state index in [2.05, 4.69) is 27.1 Å². The summed E-state index contributed by atoms with van der Waals surface area (Å²) in [6, 6.07) is 15.7. The Morgan fingerprint density at radius 3 is 2.55 bits per heavy atom. The van der Waals surface area contributed by atoms with Gasteiger partial charge in [0, 0.05) is 42.5 Å². The predicted molar refractivity (Wildman–Crippen MR) is 131 cm³/mol. The van der Waals surface area contributed by atoms with E-state index < -0.39 is 0 Å². The van der Waals surface area contributed by atoms with Crippen LogP contribution in [0.3, 0.4) is 0 Å². The van der Waals surface area contributed by atoms with Gasteiger partial charge in [-0.2, -0.15) is 5.10 Å². The average Bonchev–Trinajstić information content (AvgIpc) is 2.86. The van der Waals surface area contributed by atoms with Gasteiger partial charge in [0.15, 0.2) is 0 Å². The molecule has 2 aromatic heterocycles. The van der Waals surface area contributed by atoms with E-state index in [0.717, 1.165) is 74.1 Å². The fourth-order valence-corrected chi connectivity index (χ4v) is 5.13. The highest BCUT2D eigenvalue weighted by Crippen LogP contribution is 2.37. The molecule has 0 N–H and O–H groups in total. The number of pyridine rings is 1. The van der Waals surface area contributed by atoms with Crippen LogP contribution in [-0.2, 0) is 11.3 Å². The second-order valence-corrected chi connectivity index (χ2v) is 9.45. The maximum Gasteiger partial charge on any atom is 0.266 e. The molecule has 1 aliphatic heterocycles. The molecule has 1 aromatic carbocycles. The lowest BCUT2D eigenvalue weighted by atomic mass is 9.79. The predicted octanol–water partition coefficient (Wildman–Crippen LogP) is 4.77. The molecule has 1 aliphatic carbocycles. The number of hydrogen-bond acceptors (Lipinski definition) is 5. The minimum Gasteiger partial charge on any atom is -0.378 e. The van der Waals surface area contributed by atoms with E-state index in [1.807, 2.05) is 30.5 Å². The van der Waals surface area contributed by atoms with Crippen LogP contribution in [-0.4, -0.2) is 41.1 Å². The summed E-state index contributed by atoms with van der Waals surface area (Å²) in [5, 5.41) is 5.48. The summed E-state index contributed by atoms with van der Waals surface area (Å²) in [6.45, 7) is 3.84. The van der Waals surface area contributed by atoms with E-state index in [4.69, 9.17) is 16.3 Å². The van der Waals surface area contributed by atoms with Gasteiger partial charge in [-0.1, -0.05) is 23.7 Å². The van der Waals surface area contributed by atoms with Gasteiger partial charge in [0.1, 0.15) is 5.82 Å². The zero-order chi connectivity index (χ0) is 22.6. The molecule has 1 saturated carbocycles. The molecule has 0 amide bonds. The molecule has 0 bridgehead atoms. The van der Waals surface area contributed by atoms with Gasteiger partial charge in [0.05, 0.1) is 18.9 Å². The number of aromatic nitrogens is 3. The van der Waals surface area contributed by atoms with Crippen LogP contribution in [0.5, 0.6) is 0 Å². The number of rotatable bonds is 5. The van der Waals surface area contributed by atoms with Crippen LogP contribution in [0.1, 0.15) is 37.2 Å². The minimum atomic E-state index is -0.0476. The van der Waals surface area contributed by atoms with E-state index in [1.54, 1.807) is 16.8 Å². The summed E-state index contributed by atoms with van der Waals surface area (Å²) in [5.74, 6) is 1.96. The van der Waals surface area contributed by atoms with Crippen molar-refractivity contribution in [2.24, 2.45) is 5.92 Å². The number of hydrogen-bond donors (Lipinski definition) is 0. The highest BCUT2D eigenvalue weighted by Gasteiger charge is 2.23. The third-order valence-corrected chi connectivity index (χ3v) is 7.08. The van der Waals surface area contributed by atoms with Gasteiger partial charge in [-0.3, -0.25) is 4.79 Å². The second-order valence-electron chi connectivity index (χ2n) is 9.02. The molecule has 5 rings (SSSR count). The smallest absolute Gasteiger partial charge is 0.266 e. The van der Waals surface area contributed by atoms with Crippen molar-refractivity contribution in [1.29, 1.82) is 0 Å². The first-order valence-electron chi connectivity index (χ1n) is 11.8. The van der Waals surface area contributed by atoms with Gasteiger partial charge in [-0.05, 0) is 73.4 Å². The van der Waals surface area contributed by atoms with Crippen LogP contribution in [0, 0.1) is 5.92 Å². The fraction of sp³-hybridized carbons (Fsp3) is 0.423. The van der Waals surface area contributed by atoms with Crippen LogP contribution in [0.4, 0.5) is 5.82 Å². The molecule has 33 heavy (non-hydrogen) atoms. The Kier molecular flexibility index (Phi) is 6.74. The zero-order valence-corrected chi connectivity index (χ0v) is 19.5. The Morgan fingerprint density at radius 2 is 1.82 bits per heavy atom. The SMILES string of the molecule is O=c1ccc(-c2ccc(N3CCOCC3)nc2)nn1CC1CCC(c2cccc(Cl)c2)CC1. The monoisotopic (exact) mass is 464 g/mol. The first kappa shape index (κ1) is 22.1. The number of benzene rings is 1. The van der Waals surface area contributed by atoms with Crippen molar-refractivity contribution in [1.82, 2.24) is 14.8 Å². The van der Waals surface area contributed by atoms with Crippen molar-refractivity contribution in [3.63, 3.8) is 0 Å². The maximum atomic E-state index is 12.5. The average molecular weight is 465 g/mol. The number of morpholine rings is 1. The van der Waals surface area contributed by atoms with E-state index in [9.17, 15) is 4.79 Å². The van der Waals surface area contributed by atoms with Crippen LogP contribution >= 0.6 is 11.6 Å². The normalized spacial score (nSPS) is 21.2. The summed E-state index contributed by atoms with van der Waals surface area (Å²) < 4.78 is 7.05. The summed E-state index contributed by atoms with van der Waals surface area (Å²) >= 11 is 6.17. The van der Waals surface area contributed by atoms with Gasteiger partial charge < -0.3 is 9.64 Å². The van der Waals surface area contributed by atoms with Gasteiger partial charge in [-0.15, -0.1) is 0 Å². The second kappa shape index (κ2) is 10.1. The molecule has 0 atom stereocenters. The molecule has 7 heteroatoms. The first-order valence-corrected chi connectivity index (χ1v) is 12.2. The number of anilines is 1. The lowest BCUT2D eigenvalue weighted by Crippen LogP contribution is -2.36. The van der Waals surface area contributed by atoms with Gasteiger partial charge in [-0.25, -0.2) is 9.67 Å². The van der Waals surface area contributed by atoms with Crippen molar-refractivity contribution in [2.45, 2.75) is 38.1 Å². The van der Waals surface area contributed by atoms with Gasteiger partial charge >= 0.3 is 0 Å². The fourth-order valence-electron chi connectivity index (χ4n) is 4.93. The number of halogens is 1. The van der Waals surface area contributed by atoms with Gasteiger partial charge in [0.25, 0.3) is 5.56 Å². The standard InChI is InChI=1S/C26H29ClN4O2/c27-23-3-1-2-21(16-23)20-6-4-19(5-7-20)18-31-26(32)11-9-24(29-31)22-8-10-25(28-17-22)30-12-14-33-15-13-30/h1-3,8-11,16-17,19-20H,4-7,12-15,18H2. The van der Waals surface area contributed by atoms with Crippen molar-refractivity contribution in [3.05, 3.63) is 75.7 Å². The molecule has 0 spiro atoms. The molecule has 3 heterocycles. The summed E-state index contributed by atoms with van der Waals surface area (Å²) in [7, 11) is 0. The molecular formula is C26H29ClN4O2. The first-order chi connectivity index (χ1) is 16.2. The largest absolute Gasteiger partial charge is 0.378 e. The van der Waals surface area contributed by atoms with E-state index in [-0.39, 0.29) is 5.56 Å². The highest BCUT2D eigenvalue weighted by atomic mass is 35.5. The van der Waals surface area contributed by atoms with Gasteiger partial charge in [0.2, 0.25) is 0 Å². The van der Waals surface area contributed by atoms with E-state index in [1.165, 1.54) is 5.56 Å². The summed E-state index contributed by atoms with van der Waals surface area (Å²) in [6.07, 6.45) is 6.26. The lowest BCUT2D eigenvalue weighted by molar-refractivity contribution is 0.122. The third-order valence-electron chi connectivity index (χ3n) is 6.84. The highest BCUT2D eigenvalue weighted by molar-refractivity contribution is 6.30. The van der Waals surface area contributed by atoms with Crippen molar-refractivity contribution >= 4 is 17.4 Å². The molecule has 2 fully saturated rings. The van der Waals surface area contributed by atoms with Crippen molar-refractivity contribution in [2.75, 3.05) is 31.2 Å². The van der Waals surface area contributed by atoms with E-state index in [0.29, 0.717) is 18.4 Å². The molecule has 1 saturated heterocycles. The molecule has 2 aliphatic rings. The topological polar surface area (TPSA) is 60.3 Å². The molecule has 172 valence electrons. The Morgan fingerprint density at radius 1 is 1.00 bits per heavy atom. The minimum absolute atomic E-state index is 0.0476. The van der Waals surface area contributed by atoms with Crippen molar-refractivity contribution in [3.8, 4) is 11.3 Å². The Labute approximate surface area is 199 Å². The van der Waals surface area contributed by atoms with Crippen LogP contribution in [0.2, 0.25) is 5.02 Å². The summed E-state index contributed by atoms with van der Waals surface area (Å²) in [5.41, 5.74) is 2.98. The Bertz CT molecular complexity index is 1130. The number of ether oxygens (including phenoxy) is 1. The quantitative estimate of drug-likeness (QED) is 0.544. The Hall–Kier alpha value is -2.70. The van der Waals surface area contributed by atoms with E-state index >= 15 is 0 Å². The van der Waals surface area contributed by atoms with Crippen LogP contribution < -0.4 is 10.5 Å². The molecule has 0 unspecified atom stereocenters.